The minimum Gasteiger partial charge on any atom is -0.324 e. The zero-order valence-corrected chi connectivity index (χ0v) is 12.5. The Morgan fingerprint density at radius 2 is 1.84 bits per heavy atom. The van der Waals surface area contributed by atoms with Gasteiger partial charge in [-0.3, -0.25) is 0 Å². The summed E-state index contributed by atoms with van der Waals surface area (Å²) in [7, 11) is 0. The smallest absolute Gasteiger partial charge is 0.137 e. The molecule has 0 saturated carbocycles. The van der Waals surface area contributed by atoms with Crippen molar-refractivity contribution in [1.29, 1.82) is 0 Å². The van der Waals surface area contributed by atoms with Crippen LogP contribution in [0.25, 0.3) is 0 Å². The van der Waals surface area contributed by atoms with Gasteiger partial charge < -0.3 is 5.73 Å². The van der Waals surface area contributed by atoms with Crippen LogP contribution in [0.2, 0.25) is 10.0 Å². The van der Waals surface area contributed by atoms with Crippen molar-refractivity contribution < 1.29 is 4.39 Å². The summed E-state index contributed by atoms with van der Waals surface area (Å²) in [5.41, 5.74) is 6.48. The number of hydrogen-bond acceptors (Lipinski definition) is 2. The molecule has 19 heavy (non-hydrogen) atoms. The van der Waals surface area contributed by atoms with Gasteiger partial charge in [-0.1, -0.05) is 41.0 Å². The molecule has 0 saturated heterocycles. The first-order valence-corrected chi connectivity index (χ1v) is 7.22. The van der Waals surface area contributed by atoms with Gasteiger partial charge in [-0.05, 0) is 42.8 Å². The third kappa shape index (κ3) is 3.63. The predicted octanol–water partition coefficient (Wildman–Crippen LogP) is 5.30. The Balaban J connectivity index is 2.31. The van der Waals surface area contributed by atoms with Crippen LogP contribution in [0.15, 0.2) is 46.2 Å². The molecule has 1 nitrogen and oxygen atoms in total. The third-order valence-electron chi connectivity index (χ3n) is 2.59. The maximum atomic E-state index is 14.0. The number of halogens is 3. The van der Waals surface area contributed by atoms with Crippen LogP contribution in [0.1, 0.15) is 18.5 Å². The van der Waals surface area contributed by atoms with Gasteiger partial charge in [-0.15, -0.1) is 0 Å². The van der Waals surface area contributed by atoms with E-state index in [9.17, 15) is 4.39 Å². The van der Waals surface area contributed by atoms with Crippen LogP contribution in [0, 0.1) is 5.82 Å². The van der Waals surface area contributed by atoms with Crippen molar-refractivity contribution in [3.63, 3.8) is 0 Å². The van der Waals surface area contributed by atoms with E-state index in [1.54, 1.807) is 24.3 Å². The summed E-state index contributed by atoms with van der Waals surface area (Å²) in [5, 5.41) is 1.12. The highest BCUT2D eigenvalue weighted by Crippen LogP contribution is 2.36. The molecular weight excluding hydrogens is 304 g/mol. The van der Waals surface area contributed by atoms with E-state index in [2.05, 4.69) is 0 Å². The fourth-order valence-electron chi connectivity index (χ4n) is 1.56. The SMILES string of the molecule is CC(N)c1ccc(Sc2cc(Cl)ccc2Cl)c(F)c1. The second kappa shape index (κ2) is 6.14. The molecule has 0 heterocycles. The third-order valence-corrected chi connectivity index (χ3v) is 4.38. The van der Waals surface area contributed by atoms with Crippen LogP contribution in [-0.4, -0.2) is 0 Å². The summed E-state index contributed by atoms with van der Waals surface area (Å²) in [4.78, 5) is 1.22. The molecule has 0 amide bonds. The second-order valence-corrected chi connectivity index (χ2v) is 6.08. The van der Waals surface area contributed by atoms with E-state index in [0.717, 1.165) is 10.5 Å². The highest BCUT2D eigenvalue weighted by atomic mass is 35.5. The fraction of sp³-hybridized carbons (Fsp3) is 0.143. The zero-order valence-electron chi connectivity index (χ0n) is 10.2. The molecule has 0 aliphatic rings. The maximum Gasteiger partial charge on any atom is 0.137 e. The molecular formula is C14H12Cl2FNS. The van der Waals surface area contributed by atoms with E-state index in [1.165, 1.54) is 17.8 Å². The van der Waals surface area contributed by atoms with E-state index < -0.39 is 0 Å². The van der Waals surface area contributed by atoms with Crippen LogP contribution in [0.4, 0.5) is 4.39 Å². The Kier molecular flexibility index (Phi) is 4.74. The highest BCUT2D eigenvalue weighted by Gasteiger charge is 2.10. The minimum absolute atomic E-state index is 0.191. The molecule has 1 atom stereocenters. The van der Waals surface area contributed by atoms with E-state index >= 15 is 0 Å². The van der Waals surface area contributed by atoms with Crippen LogP contribution in [0.3, 0.4) is 0 Å². The summed E-state index contributed by atoms with van der Waals surface area (Å²) in [6.07, 6.45) is 0. The Morgan fingerprint density at radius 1 is 1.11 bits per heavy atom. The first-order valence-electron chi connectivity index (χ1n) is 5.65. The largest absolute Gasteiger partial charge is 0.324 e. The molecule has 2 aromatic carbocycles. The van der Waals surface area contributed by atoms with Gasteiger partial charge in [0, 0.05) is 20.9 Å². The van der Waals surface area contributed by atoms with Gasteiger partial charge in [0.25, 0.3) is 0 Å². The number of benzene rings is 2. The van der Waals surface area contributed by atoms with E-state index in [-0.39, 0.29) is 11.9 Å². The minimum atomic E-state index is -0.309. The van der Waals surface area contributed by atoms with Crippen molar-refractivity contribution in [3.8, 4) is 0 Å². The quantitative estimate of drug-likeness (QED) is 0.831. The van der Waals surface area contributed by atoms with Gasteiger partial charge in [0.1, 0.15) is 5.82 Å². The highest BCUT2D eigenvalue weighted by molar-refractivity contribution is 7.99. The van der Waals surface area contributed by atoms with E-state index in [1.807, 2.05) is 13.0 Å². The molecule has 0 fully saturated rings. The van der Waals surface area contributed by atoms with Gasteiger partial charge >= 0.3 is 0 Å². The molecule has 2 aromatic rings. The molecule has 0 aliphatic heterocycles. The van der Waals surface area contributed by atoms with Crippen molar-refractivity contribution >= 4 is 35.0 Å². The topological polar surface area (TPSA) is 26.0 Å². The Labute approximate surface area is 125 Å². The molecule has 5 heteroatoms. The molecule has 100 valence electrons. The van der Waals surface area contributed by atoms with Gasteiger partial charge in [-0.2, -0.15) is 0 Å². The zero-order chi connectivity index (χ0) is 14.0. The lowest BCUT2D eigenvalue weighted by atomic mass is 10.1. The van der Waals surface area contributed by atoms with Gasteiger partial charge in [-0.25, -0.2) is 4.39 Å². The Bertz CT molecular complexity index is 602. The average Bonchev–Trinajstić information content (AvgIpc) is 2.36. The predicted molar refractivity (Wildman–Crippen MR) is 79.6 cm³/mol. The summed E-state index contributed by atoms with van der Waals surface area (Å²) in [5.74, 6) is -0.309. The fourth-order valence-corrected chi connectivity index (χ4v) is 2.91. The number of hydrogen-bond donors (Lipinski definition) is 1. The lowest BCUT2D eigenvalue weighted by Gasteiger charge is -2.09. The lowest BCUT2D eigenvalue weighted by Crippen LogP contribution is -2.05. The van der Waals surface area contributed by atoms with Crippen molar-refractivity contribution in [3.05, 3.63) is 57.8 Å². The number of rotatable bonds is 3. The van der Waals surface area contributed by atoms with Crippen LogP contribution < -0.4 is 5.73 Å². The van der Waals surface area contributed by atoms with Gasteiger partial charge in [0.15, 0.2) is 0 Å². The van der Waals surface area contributed by atoms with E-state index in [0.29, 0.717) is 14.9 Å². The maximum absolute atomic E-state index is 14.0. The molecule has 0 spiro atoms. The summed E-state index contributed by atoms with van der Waals surface area (Å²) >= 11 is 13.2. The van der Waals surface area contributed by atoms with Crippen LogP contribution >= 0.6 is 35.0 Å². The molecule has 0 aliphatic carbocycles. The van der Waals surface area contributed by atoms with Crippen molar-refractivity contribution in [1.82, 2.24) is 0 Å². The first-order chi connectivity index (χ1) is 8.97. The average molecular weight is 316 g/mol. The van der Waals surface area contributed by atoms with Crippen LogP contribution in [0.5, 0.6) is 0 Å². The molecule has 0 radical (unpaired) electrons. The Hall–Kier alpha value is -0.740. The summed E-state index contributed by atoms with van der Waals surface area (Å²) < 4.78 is 14.0. The van der Waals surface area contributed by atoms with Crippen molar-refractivity contribution in [2.45, 2.75) is 22.8 Å². The number of nitrogens with two attached hydrogens (primary N) is 1. The summed E-state index contributed by atoms with van der Waals surface area (Å²) in [6.45, 7) is 1.81. The normalized spacial score (nSPS) is 12.5. The lowest BCUT2D eigenvalue weighted by molar-refractivity contribution is 0.596. The molecule has 0 aromatic heterocycles. The summed E-state index contributed by atoms with van der Waals surface area (Å²) in [6, 6.07) is 9.89. The Morgan fingerprint density at radius 3 is 2.47 bits per heavy atom. The van der Waals surface area contributed by atoms with Crippen LogP contribution in [-0.2, 0) is 0 Å². The second-order valence-electron chi connectivity index (χ2n) is 4.16. The van der Waals surface area contributed by atoms with Crippen molar-refractivity contribution in [2.24, 2.45) is 5.73 Å². The monoisotopic (exact) mass is 315 g/mol. The molecule has 2 N–H and O–H groups in total. The first kappa shape index (κ1) is 14.7. The molecule has 1 unspecified atom stereocenters. The van der Waals surface area contributed by atoms with Crippen molar-refractivity contribution in [2.75, 3.05) is 0 Å². The van der Waals surface area contributed by atoms with Gasteiger partial charge in [0.2, 0.25) is 0 Å². The molecule has 0 bridgehead atoms. The standard InChI is InChI=1S/C14H12Cl2FNS/c1-8(18)9-2-5-13(12(17)6-9)19-14-7-10(15)3-4-11(14)16/h2-8H,18H2,1H3. The van der Waals surface area contributed by atoms with Gasteiger partial charge in [0.05, 0.1) is 5.02 Å². The van der Waals surface area contributed by atoms with E-state index in [4.69, 9.17) is 28.9 Å². The molecule has 2 rings (SSSR count).